The van der Waals surface area contributed by atoms with Crippen molar-refractivity contribution >= 4 is 11.8 Å². The second kappa shape index (κ2) is 6.69. The fraction of sp³-hybridized carbons (Fsp3) is 0.455. The highest BCUT2D eigenvalue weighted by Gasteiger charge is 2.07. The van der Waals surface area contributed by atoms with Crippen LogP contribution >= 0.6 is 11.8 Å². The largest absolute Gasteiger partial charge is 0.490 e. The number of halogens is 1. The van der Waals surface area contributed by atoms with Crippen LogP contribution in [0, 0.1) is 5.82 Å². The van der Waals surface area contributed by atoms with Crippen LogP contribution in [0.15, 0.2) is 18.2 Å². The van der Waals surface area contributed by atoms with Crippen LogP contribution in [0.25, 0.3) is 0 Å². The van der Waals surface area contributed by atoms with Gasteiger partial charge in [-0.15, -0.1) is 0 Å². The van der Waals surface area contributed by atoms with Crippen LogP contribution in [0.5, 0.6) is 5.75 Å². The molecule has 0 aliphatic heterocycles. The lowest BCUT2D eigenvalue weighted by molar-refractivity contribution is 0.299. The van der Waals surface area contributed by atoms with Gasteiger partial charge in [0, 0.05) is 12.1 Å². The Kier molecular flexibility index (Phi) is 5.50. The average molecular weight is 229 g/mol. The van der Waals surface area contributed by atoms with E-state index in [1.54, 1.807) is 23.9 Å². The smallest absolute Gasteiger partial charge is 0.165 e. The summed E-state index contributed by atoms with van der Waals surface area (Å²) in [4.78, 5) is 0. The molecule has 0 atom stereocenters. The van der Waals surface area contributed by atoms with E-state index in [4.69, 9.17) is 10.5 Å². The van der Waals surface area contributed by atoms with Crippen LogP contribution < -0.4 is 10.5 Å². The summed E-state index contributed by atoms with van der Waals surface area (Å²) in [6.07, 6.45) is 2.95. The molecule has 0 radical (unpaired) electrons. The number of para-hydroxylation sites is 1. The molecular weight excluding hydrogens is 213 g/mol. The van der Waals surface area contributed by atoms with E-state index >= 15 is 0 Å². The van der Waals surface area contributed by atoms with Crippen LogP contribution in [-0.2, 0) is 6.54 Å². The molecule has 0 saturated heterocycles. The standard InChI is InChI=1S/C11H16FNOS/c1-15-7-3-6-14-11-9(8-13)4-2-5-10(11)12/h2,4-5H,3,6-8,13H2,1H3. The Morgan fingerprint density at radius 3 is 2.93 bits per heavy atom. The fourth-order valence-electron chi connectivity index (χ4n) is 1.25. The summed E-state index contributed by atoms with van der Waals surface area (Å²) in [5.41, 5.74) is 6.22. The monoisotopic (exact) mass is 229 g/mol. The van der Waals surface area contributed by atoms with E-state index in [1.165, 1.54) is 6.07 Å². The van der Waals surface area contributed by atoms with Gasteiger partial charge in [-0.1, -0.05) is 12.1 Å². The summed E-state index contributed by atoms with van der Waals surface area (Å²) < 4.78 is 18.8. The molecule has 0 aliphatic carbocycles. The predicted molar refractivity (Wildman–Crippen MR) is 62.8 cm³/mol. The SMILES string of the molecule is CSCCCOc1c(F)cccc1CN. The highest BCUT2D eigenvalue weighted by atomic mass is 32.2. The van der Waals surface area contributed by atoms with E-state index in [2.05, 4.69) is 0 Å². The molecule has 15 heavy (non-hydrogen) atoms. The number of rotatable bonds is 6. The van der Waals surface area contributed by atoms with Gasteiger partial charge in [-0.2, -0.15) is 11.8 Å². The van der Waals surface area contributed by atoms with Crippen molar-refractivity contribution in [2.75, 3.05) is 18.6 Å². The van der Waals surface area contributed by atoms with Gasteiger partial charge in [-0.25, -0.2) is 4.39 Å². The Morgan fingerprint density at radius 2 is 2.27 bits per heavy atom. The Hall–Kier alpha value is -0.740. The predicted octanol–water partition coefficient (Wildman–Crippen LogP) is 2.42. The molecule has 4 heteroatoms. The molecule has 1 aromatic rings. The van der Waals surface area contributed by atoms with E-state index in [1.807, 2.05) is 6.26 Å². The minimum atomic E-state index is -0.331. The zero-order chi connectivity index (χ0) is 11.1. The van der Waals surface area contributed by atoms with Gasteiger partial charge < -0.3 is 10.5 Å². The summed E-state index contributed by atoms with van der Waals surface area (Å²) in [6, 6.07) is 4.82. The van der Waals surface area contributed by atoms with Gasteiger partial charge in [-0.05, 0) is 24.5 Å². The molecule has 0 aliphatic rings. The maximum Gasteiger partial charge on any atom is 0.165 e. The van der Waals surface area contributed by atoms with Crippen LogP contribution in [0.4, 0.5) is 4.39 Å². The molecular formula is C11H16FNOS. The number of hydrogen-bond donors (Lipinski definition) is 1. The maximum absolute atomic E-state index is 13.4. The summed E-state index contributed by atoms with van der Waals surface area (Å²) in [5, 5.41) is 0. The van der Waals surface area contributed by atoms with Crippen LogP contribution in [0.1, 0.15) is 12.0 Å². The van der Waals surface area contributed by atoms with E-state index in [-0.39, 0.29) is 5.82 Å². The molecule has 0 fully saturated rings. The topological polar surface area (TPSA) is 35.2 Å². The van der Waals surface area contributed by atoms with Crippen LogP contribution in [-0.4, -0.2) is 18.6 Å². The maximum atomic E-state index is 13.4. The van der Waals surface area contributed by atoms with Gasteiger partial charge in [0.2, 0.25) is 0 Å². The number of ether oxygens (including phenoxy) is 1. The van der Waals surface area contributed by atoms with E-state index in [9.17, 15) is 4.39 Å². The first-order valence-corrected chi connectivity index (χ1v) is 6.28. The van der Waals surface area contributed by atoms with Crippen LogP contribution in [0.3, 0.4) is 0 Å². The minimum Gasteiger partial charge on any atom is -0.490 e. The second-order valence-electron chi connectivity index (χ2n) is 3.13. The molecule has 2 N–H and O–H groups in total. The van der Waals surface area contributed by atoms with Gasteiger partial charge in [0.25, 0.3) is 0 Å². The Bertz CT molecular complexity index is 307. The van der Waals surface area contributed by atoms with Crippen molar-refractivity contribution in [3.05, 3.63) is 29.6 Å². The third kappa shape index (κ3) is 3.72. The number of nitrogens with two attached hydrogens (primary N) is 1. The van der Waals surface area contributed by atoms with Crippen molar-refractivity contribution in [3.63, 3.8) is 0 Å². The molecule has 0 spiro atoms. The number of benzene rings is 1. The second-order valence-corrected chi connectivity index (χ2v) is 4.11. The van der Waals surface area contributed by atoms with E-state index < -0.39 is 0 Å². The molecule has 0 unspecified atom stereocenters. The van der Waals surface area contributed by atoms with Crippen molar-refractivity contribution < 1.29 is 9.13 Å². The van der Waals surface area contributed by atoms with Gasteiger partial charge in [-0.3, -0.25) is 0 Å². The lowest BCUT2D eigenvalue weighted by Crippen LogP contribution is -2.06. The Morgan fingerprint density at radius 1 is 1.47 bits per heavy atom. The molecule has 1 rings (SSSR count). The highest BCUT2D eigenvalue weighted by Crippen LogP contribution is 2.22. The summed E-state index contributed by atoms with van der Waals surface area (Å²) in [5.74, 6) is 0.995. The summed E-state index contributed by atoms with van der Waals surface area (Å²) in [6.45, 7) is 0.838. The normalized spacial score (nSPS) is 10.3. The molecule has 0 bridgehead atoms. The van der Waals surface area contributed by atoms with Gasteiger partial charge in [0.15, 0.2) is 11.6 Å². The van der Waals surface area contributed by atoms with Crippen molar-refractivity contribution in [2.45, 2.75) is 13.0 Å². The van der Waals surface area contributed by atoms with E-state index in [0.29, 0.717) is 18.9 Å². The van der Waals surface area contributed by atoms with Crippen molar-refractivity contribution in [1.82, 2.24) is 0 Å². The van der Waals surface area contributed by atoms with Gasteiger partial charge >= 0.3 is 0 Å². The van der Waals surface area contributed by atoms with Crippen molar-refractivity contribution in [1.29, 1.82) is 0 Å². The molecule has 2 nitrogen and oxygen atoms in total. The third-order valence-corrected chi connectivity index (χ3v) is 2.70. The van der Waals surface area contributed by atoms with Gasteiger partial charge in [0.1, 0.15) is 0 Å². The molecule has 0 heterocycles. The zero-order valence-electron chi connectivity index (χ0n) is 8.83. The van der Waals surface area contributed by atoms with Gasteiger partial charge in [0.05, 0.1) is 6.61 Å². The zero-order valence-corrected chi connectivity index (χ0v) is 9.65. The van der Waals surface area contributed by atoms with E-state index in [0.717, 1.165) is 17.7 Å². The number of hydrogen-bond acceptors (Lipinski definition) is 3. The average Bonchev–Trinajstić information content (AvgIpc) is 2.26. The molecule has 84 valence electrons. The van der Waals surface area contributed by atoms with Crippen LogP contribution in [0.2, 0.25) is 0 Å². The molecule has 0 amide bonds. The summed E-state index contributed by atoms with van der Waals surface area (Å²) in [7, 11) is 0. The Balaban J connectivity index is 2.58. The van der Waals surface area contributed by atoms with Crippen molar-refractivity contribution in [2.24, 2.45) is 5.73 Å². The first-order chi connectivity index (χ1) is 7.29. The lowest BCUT2D eigenvalue weighted by atomic mass is 10.2. The summed E-state index contributed by atoms with van der Waals surface area (Å²) >= 11 is 1.75. The minimum absolute atomic E-state index is 0.301. The fourth-order valence-corrected chi connectivity index (χ4v) is 1.66. The van der Waals surface area contributed by atoms with Crippen molar-refractivity contribution in [3.8, 4) is 5.75 Å². The molecule has 0 saturated carbocycles. The Labute approximate surface area is 94.0 Å². The first-order valence-electron chi connectivity index (χ1n) is 4.88. The number of thioether (sulfide) groups is 1. The molecule has 1 aromatic carbocycles. The highest BCUT2D eigenvalue weighted by molar-refractivity contribution is 7.98. The molecule has 0 aromatic heterocycles. The third-order valence-electron chi connectivity index (χ3n) is 2.01. The lowest BCUT2D eigenvalue weighted by Gasteiger charge is -2.10. The quantitative estimate of drug-likeness (QED) is 0.761. The first kappa shape index (κ1) is 12.3.